The van der Waals surface area contributed by atoms with E-state index < -0.39 is 42.4 Å². The standard InChI is InChI=1S/C17H24O12/c1-2-17(26-8-13-7-25-16(20)29-13,9-21-3-11-5-23-14(18)27-11)10-22-4-12-6-24-15(19)28-12/h11-13H,2-10H2,1H3. The first-order valence-electron chi connectivity index (χ1n) is 9.28. The molecule has 3 fully saturated rings. The zero-order valence-corrected chi connectivity index (χ0v) is 16.0. The maximum absolute atomic E-state index is 11.1. The molecule has 164 valence electrons. The number of hydrogen-bond acceptors (Lipinski definition) is 12. The van der Waals surface area contributed by atoms with Crippen LogP contribution in [0.2, 0.25) is 0 Å². The number of rotatable bonds is 12. The van der Waals surface area contributed by atoms with Crippen LogP contribution in [-0.4, -0.2) is 95.2 Å². The maximum atomic E-state index is 11.1. The van der Waals surface area contributed by atoms with Gasteiger partial charge in [0, 0.05) is 0 Å². The van der Waals surface area contributed by atoms with Crippen LogP contribution < -0.4 is 0 Å². The molecule has 12 nitrogen and oxygen atoms in total. The van der Waals surface area contributed by atoms with E-state index in [0.717, 1.165) is 0 Å². The zero-order chi connectivity index (χ0) is 20.7. The minimum Gasteiger partial charge on any atom is -0.430 e. The predicted octanol–water partition coefficient (Wildman–Crippen LogP) is 0.791. The van der Waals surface area contributed by atoms with E-state index in [9.17, 15) is 14.4 Å². The normalized spacial score (nSPS) is 28.0. The SMILES string of the molecule is CCC(COCC1COC(=O)O1)(COCC1COC(=O)O1)OCC1COC(=O)O1. The summed E-state index contributed by atoms with van der Waals surface area (Å²) in [5, 5.41) is 0. The van der Waals surface area contributed by atoms with Crippen LogP contribution in [0.3, 0.4) is 0 Å². The molecule has 3 saturated heterocycles. The predicted molar refractivity (Wildman–Crippen MR) is 89.3 cm³/mol. The molecule has 0 radical (unpaired) electrons. The van der Waals surface area contributed by atoms with Gasteiger partial charge in [-0.15, -0.1) is 0 Å². The number of ether oxygens (including phenoxy) is 9. The zero-order valence-electron chi connectivity index (χ0n) is 16.0. The van der Waals surface area contributed by atoms with Gasteiger partial charge >= 0.3 is 18.5 Å². The van der Waals surface area contributed by atoms with Gasteiger partial charge < -0.3 is 42.6 Å². The van der Waals surface area contributed by atoms with Gasteiger partial charge in [-0.2, -0.15) is 0 Å². The number of carbonyl (C=O) groups is 3. The van der Waals surface area contributed by atoms with E-state index in [0.29, 0.717) is 6.42 Å². The smallest absolute Gasteiger partial charge is 0.430 e. The first kappa shape index (κ1) is 21.4. The van der Waals surface area contributed by atoms with Crippen LogP contribution in [0.1, 0.15) is 13.3 Å². The molecule has 0 aromatic heterocycles. The third-order valence-electron chi connectivity index (χ3n) is 4.51. The Morgan fingerprint density at radius 2 is 1.17 bits per heavy atom. The summed E-state index contributed by atoms with van der Waals surface area (Å²) in [6.45, 7) is 2.84. The number of carbonyl (C=O) groups excluding carboxylic acids is 3. The largest absolute Gasteiger partial charge is 0.508 e. The van der Waals surface area contributed by atoms with Crippen LogP contribution in [0, 0.1) is 0 Å². The molecule has 3 atom stereocenters. The fraction of sp³-hybridized carbons (Fsp3) is 0.824. The fourth-order valence-corrected chi connectivity index (χ4v) is 2.80. The van der Waals surface area contributed by atoms with E-state index in [1.165, 1.54) is 0 Å². The van der Waals surface area contributed by atoms with Crippen molar-refractivity contribution in [3.8, 4) is 0 Å². The van der Waals surface area contributed by atoms with Crippen LogP contribution in [-0.2, 0) is 42.6 Å². The molecular formula is C17H24O12. The first-order chi connectivity index (χ1) is 14.0. The van der Waals surface area contributed by atoms with Crippen molar-refractivity contribution in [1.29, 1.82) is 0 Å². The average molecular weight is 420 g/mol. The van der Waals surface area contributed by atoms with Crippen LogP contribution in [0.5, 0.6) is 0 Å². The van der Waals surface area contributed by atoms with E-state index in [-0.39, 0.29) is 52.9 Å². The van der Waals surface area contributed by atoms with Gasteiger partial charge in [0.2, 0.25) is 0 Å². The summed E-state index contributed by atoms with van der Waals surface area (Å²) in [6, 6.07) is 0. The summed E-state index contributed by atoms with van der Waals surface area (Å²) in [6.07, 6.45) is -3.18. The third-order valence-corrected chi connectivity index (χ3v) is 4.51. The topological polar surface area (TPSA) is 134 Å². The van der Waals surface area contributed by atoms with E-state index >= 15 is 0 Å². The molecule has 0 aromatic carbocycles. The van der Waals surface area contributed by atoms with Crippen LogP contribution in [0.4, 0.5) is 14.4 Å². The molecular weight excluding hydrogens is 396 g/mol. The monoisotopic (exact) mass is 420 g/mol. The highest BCUT2D eigenvalue weighted by molar-refractivity contribution is 5.62. The molecule has 0 aliphatic carbocycles. The van der Waals surface area contributed by atoms with Crippen molar-refractivity contribution >= 4 is 18.5 Å². The quantitative estimate of drug-likeness (QED) is 0.326. The summed E-state index contributed by atoms with van der Waals surface area (Å²) >= 11 is 0. The van der Waals surface area contributed by atoms with Crippen LogP contribution >= 0.6 is 0 Å². The summed E-state index contributed by atoms with van der Waals surface area (Å²) in [5.74, 6) is 0. The van der Waals surface area contributed by atoms with Crippen molar-refractivity contribution in [2.24, 2.45) is 0 Å². The van der Waals surface area contributed by atoms with Gasteiger partial charge in [-0.3, -0.25) is 0 Å². The molecule has 29 heavy (non-hydrogen) atoms. The van der Waals surface area contributed by atoms with Gasteiger partial charge in [-0.05, 0) is 6.42 Å². The summed E-state index contributed by atoms with van der Waals surface area (Å²) in [4.78, 5) is 33.1. The number of hydrogen-bond donors (Lipinski definition) is 0. The van der Waals surface area contributed by atoms with Crippen molar-refractivity contribution in [3.05, 3.63) is 0 Å². The second-order valence-electron chi connectivity index (χ2n) is 6.78. The highest BCUT2D eigenvalue weighted by atomic mass is 16.8. The molecule has 3 aliphatic rings. The summed E-state index contributed by atoms with van der Waals surface area (Å²) in [7, 11) is 0. The second kappa shape index (κ2) is 9.94. The molecule has 12 heteroatoms. The van der Waals surface area contributed by atoms with Gasteiger partial charge in [0.05, 0.1) is 33.0 Å². The average Bonchev–Trinajstić information content (AvgIpc) is 3.42. The molecule has 3 rings (SSSR count). The Balaban J connectivity index is 1.49. The summed E-state index contributed by atoms with van der Waals surface area (Å²) in [5.41, 5.74) is -0.873. The third kappa shape index (κ3) is 6.34. The van der Waals surface area contributed by atoms with Crippen molar-refractivity contribution in [3.63, 3.8) is 0 Å². The molecule has 3 aliphatic heterocycles. The Kier molecular flexibility index (Phi) is 7.34. The van der Waals surface area contributed by atoms with Crippen molar-refractivity contribution in [1.82, 2.24) is 0 Å². The van der Waals surface area contributed by atoms with Gasteiger partial charge in [-0.1, -0.05) is 6.92 Å². The van der Waals surface area contributed by atoms with Gasteiger partial charge in [0.15, 0.2) is 18.3 Å². The second-order valence-corrected chi connectivity index (χ2v) is 6.78. The van der Waals surface area contributed by atoms with Gasteiger partial charge in [0.25, 0.3) is 0 Å². The lowest BCUT2D eigenvalue weighted by molar-refractivity contribution is -0.157. The lowest BCUT2D eigenvalue weighted by Crippen LogP contribution is -2.45. The van der Waals surface area contributed by atoms with Gasteiger partial charge in [-0.25, -0.2) is 14.4 Å². The van der Waals surface area contributed by atoms with E-state index in [2.05, 4.69) is 0 Å². The van der Waals surface area contributed by atoms with E-state index in [1.807, 2.05) is 6.92 Å². The highest BCUT2D eigenvalue weighted by Crippen LogP contribution is 2.21. The first-order valence-corrected chi connectivity index (χ1v) is 9.28. The summed E-state index contributed by atoms with van der Waals surface area (Å²) < 4.78 is 46.4. The van der Waals surface area contributed by atoms with Gasteiger partial charge in [0.1, 0.15) is 25.4 Å². The number of cyclic esters (lactones) is 6. The van der Waals surface area contributed by atoms with E-state index in [1.54, 1.807) is 0 Å². The lowest BCUT2D eigenvalue weighted by atomic mass is 10.0. The molecule has 0 aromatic rings. The molecule has 0 saturated carbocycles. The Labute approximate surface area is 166 Å². The van der Waals surface area contributed by atoms with Crippen LogP contribution in [0.25, 0.3) is 0 Å². The highest BCUT2D eigenvalue weighted by Gasteiger charge is 2.36. The van der Waals surface area contributed by atoms with Crippen molar-refractivity contribution < 1.29 is 57.0 Å². The maximum Gasteiger partial charge on any atom is 0.508 e. The molecule has 0 amide bonds. The molecule has 3 unspecified atom stereocenters. The molecule has 0 spiro atoms. The Hall–Kier alpha value is -2.31. The Morgan fingerprint density at radius 3 is 1.52 bits per heavy atom. The minimum absolute atomic E-state index is 0.0926. The Bertz CT molecular complexity index is 561. The minimum atomic E-state index is -0.873. The van der Waals surface area contributed by atoms with Crippen molar-refractivity contribution in [2.45, 2.75) is 37.3 Å². The lowest BCUT2D eigenvalue weighted by Gasteiger charge is -2.33. The molecule has 0 N–H and O–H groups in total. The Morgan fingerprint density at radius 1 is 0.759 bits per heavy atom. The van der Waals surface area contributed by atoms with E-state index in [4.69, 9.17) is 42.6 Å². The van der Waals surface area contributed by atoms with Crippen LogP contribution in [0.15, 0.2) is 0 Å². The fourth-order valence-electron chi connectivity index (χ4n) is 2.80. The molecule has 3 heterocycles. The molecule has 0 bridgehead atoms. The van der Waals surface area contributed by atoms with Crippen molar-refractivity contribution in [2.75, 3.05) is 52.9 Å².